The third kappa shape index (κ3) is 2.77. The molecule has 1 amide bonds. The molecule has 0 spiro atoms. The van der Waals surface area contributed by atoms with E-state index < -0.39 is 17.7 Å². The van der Waals surface area contributed by atoms with Crippen molar-refractivity contribution in [2.24, 2.45) is 0 Å². The van der Waals surface area contributed by atoms with Gasteiger partial charge < -0.3 is 19.6 Å². The molecule has 0 aliphatic heterocycles. The van der Waals surface area contributed by atoms with Gasteiger partial charge in [-0.15, -0.1) is 0 Å². The van der Waals surface area contributed by atoms with Crippen molar-refractivity contribution in [1.29, 1.82) is 0 Å². The van der Waals surface area contributed by atoms with Crippen LogP contribution in [0.3, 0.4) is 0 Å². The van der Waals surface area contributed by atoms with E-state index in [0.29, 0.717) is 5.69 Å². The number of hydrogen-bond donors (Lipinski definition) is 2. The van der Waals surface area contributed by atoms with E-state index >= 15 is 0 Å². The molecular weight excluding hydrogens is 269 g/mol. The Morgan fingerprint density at radius 1 is 1.25 bits per heavy atom. The average molecular weight is 279 g/mol. The van der Waals surface area contributed by atoms with Gasteiger partial charge in [-0.05, 0) is 24.3 Å². The zero-order valence-corrected chi connectivity index (χ0v) is 10.3. The van der Waals surface area contributed by atoms with Gasteiger partial charge in [0, 0.05) is 11.8 Å². The molecule has 1 heterocycles. The molecule has 2 N–H and O–H groups in total. The summed E-state index contributed by atoms with van der Waals surface area (Å²) in [5.74, 6) is -3.00. The molecule has 20 heavy (non-hydrogen) atoms. The number of carbonyl (C=O) groups excluding carboxylic acids is 1. The third-order valence-electron chi connectivity index (χ3n) is 2.45. The number of ether oxygens (including phenoxy) is 1. The van der Waals surface area contributed by atoms with Crippen LogP contribution in [0.1, 0.15) is 21.1 Å². The largest absolute Gasteiger partial charge is 0.494 e. The Labute approximate surface area is 112 Å². The van der Waals surface area contributed by atoms with E-state index in [1.54, 1.807) is 0 Å². The average Bonchev–Trinajstić information content (AvgIpc) is 2.91. The van der Waals surface area contributed by atoms with Crippen molar-refractivity contribution in [1.82, 2.24) is 0 Å². The Balaban J connectivity index is 2.16. The van der Waals surface area contributed by atoms with Gasteiger partial charge in [0.15, 0.2) is 17.3 Å². The van der Waals surface area contributed by atoms with Gasteiger partial charge in [-0.1, -0.05) is 0 Å². The number of nitrogens with one attached hydrogen (secondary N) is 1. The maximum absolute atomic E-state index is 13.2. The minimum absolute atomic E-state index is 0.0199. The van der Waals surface area contributed by atoms with Gasteiger partial charge >= 0.3 is 5.97 Å². The summed E-state index contributed by atoms with van der Waals surface area (Å²) in [7, 11) is 1.30. The highest BCUT2D eigenvalue weighted by molar-refractivity contribution is 6.03. The Kier molecular flexibility index (Phi) is 3.69. The zero-order chi connectivity index (χ0) is 14.7. The lowest BCUT2D eigenvalue weighted by Crippen LogP contribution is -2.11. The van der Waals surface area contributed by atoms with Gasteiger partial charge in [-0.2, -0.15) is 0 Å². The fraction of sp³-hybridized carbons (Fsp3) is 0.0769. The number of aromatic carboxylic acids is 1. The standard InChI is InChI=1S/C13H10FNO5/c1-19-11-6-7(2-3-8(11)14)15-12(16)9-4-5-10(20-9)13(17)18/h2-6H,1H3,(H,15,16)(H,17,18). The lowest BCUT2D eigenvalue weighted by atomic mass is 10.2. The zero-order valence-electron chi connectivity index (χ0n) is 10.3. The van der Waals surface area contributed by atoms with Crippen LogP contribution in [0.5, 0.6) is 5.75 Å². The van der Waals surface area contributed by atoms with Gasteiger partial charge in [0.1, 0.15) is 0 Å². The second-order valence-electron chi connectivity index (χ2n) is 3.77. The number of amides is 1. The lowest BCUT2D eigenvalue weighted by Gasteiger charge is -2.06. The van der Waals surface area contributed by atoms with E-state index in [4.69, 9.17) is 14.3 Å². The van der Waals surface area contributed by atoms with E-state index in [1.807, 2.05) is 0 Å². The van der Waals surface area contributed by atoms with Crippen LogP contribution in [0.4, 0.5) is 10.1 Å². The number of rotatable bonds is 4. The molecule has 0 bridgehead atoms. The van der Waals surface area contributed by atoms with Crippen LogP contribution in [-0.4, -0.2) is 24.1 Å². The van der Waals surface area contributed by atoms with E-state index in [2.05, 4.69) is 5.32 Å². The summed E-state index contributed by atoms with van der Waals surface area (Å²) in [6, 6.07) is 6.19. The molecule has 2 rings (SSSR count). The monoisotopic (exact) mass is 279 g/mol. The Bertz CT molecular complexity index is 665. The minimum Gasteiger partial charge on any atom is -0.494 e. The molecule has 104 valence electrons. The molecule has 0 fully saturated rings. The first kappa shape index (κ1) is 13.6. The molecule has 0 atom stereocenters. The van der Waals surface area contributed by atoms with Crippen LogP contribution in [0, 0.1) is 5.82 Å². The van der Waals surface area contributed by atoms with Crippen molar-refractivity contribution in [3.05, 3.63) is 47.7 Å². The van der Waals surface area contributed by atoms with Gasteiger partial charge in [-0.3, -0.25) is 4.79 Å². The number of halogens is 1. The SMILES string of the molecule is COc1cc(NC(=O)c2ccc(C(=O)O)o2)ccc1F. The maximum Gasteiger partial charge on any atom is 0.371 e. The highest BCUT2D eigenvalue weighted by atomic mass is 19.1. The van der Waals surface area contributed by atoms with Crippen LogP contribution in [0.15, 0.2) is 34.7 Å². The van der Waals surface area contributed by atoms with Gasteiger partial charge in [-0.25, -0.2) is 9.18 Å². The van der Waals surface area contributed by atoms with Gasteiger partial charge in [0.2, 0.25) is 5.76 Å². The molecule has 1 aromatic carbocycles. The van der Waals surface area contributed by atoms with Crippen LogP contribution in [0.2, 0.25) is 0 Å². The molecule has 1 aromatic heterocycles. The van der Waals surface area contributed by atoms with Crippen LogP contribution in [-0.2, 0) is 0 Å². The topological polar surface area (TPSA) is 88.8 Å². The molecule has 2 aromatic rings. The summed E-state index contributed by atoms with van der Waals surface area (Å²) in [5, 5.41) is 11.1. The summed E-state index contributed by atoms with van der Waals surface area (Å²) in [6.07, 6.45) is 0. The highest BCUT2D eigenvalue weighted by Crippen LogP contribution is 2.22. The first-order chi connectivity index (χ1) is 9.51. The van der Waals surface area contributed by atoms with Crippen LogP contribution in [0.25, 0.3) is 0 Å². The number of anilines is 1. The number of carboxylic acids is 1. The van der Waals surface area contributed by atoms with Crippen molar-refractivity contribution < 1.29 is 28.2 Å². The fourth-order valence-corrected chi connectivity index (χ4v) is 1.51. The summed E-state index contributed by atoms with van der Waals surface area (Å²) >= 11 is 0. The predicted octanol–water partition coefficient (Wildman–Crippen LogP) is 2.38. The molecule has 0 aliphatic carbocycles. The quantitative estimate of drug-likeness (QED) is 0.896. The van der Waals surface area contributed by atoms with Crippen molar-refractivity contribution in [3.63, 3.8) is 0 Å². The fourth-order valence-electron chi connectivity index (χ4n) is 1.51. The second-order valence-corrected chi connectivity index (χ2v) is 3.77. The Morgan fingerprint density at radius 2 is 1.95 bits per heavy atom. The van der Waals surface area contributed by atoms with Crippen LogP contribution < -0.4 is 10.1 Å². The van der Waals surface area contributed by atoms with E-state index in [1.165, 1.54) is 31.4 Å². The lowest BCUT2D eigenvalue weighted by molar-refractivity contribution is 0.0660. The first-order valence-electron chi connectivity index (χ1n) is 5.49. The normalized spacial score (nSPS) is 10.1. The number of benzene rings is 1. The maximum atomic E-state index is 13.2. The molecule has 0 unspecified atom stereocenters. The summed E-state index contributed by atoms with van der Waals surface area (Å²) in [5.41, 5.74) is 0.293. The minimum atomic E-state index is -1.27. The van der Waals surface area contributed by atoms with Gasteiger partial charge in [0.25, 0.3) is 5.91 Å². The molecular formula is C13H10FNO5. The number of carboxylic acid groups (broad SMARTS) is 1. The molecule has 0 radical (unpaired) electrons. The molecule has 7 heteroatoms. The number of furan rings is 1. The first-order valence-corrected chi connectivity index (χ1v) is 5.49. The summed E-state index contributed by atoms with van der Waals surface area (Å²) in [6.45, 7) is 0. The molecule has 0 saturated carbocycles. The molecule has 0 saturated heterocycles. The smallest absolute Gasteiger partial charge is 0.371 e. The summed E-state index contributed by atoms with van der Waals surface area (Å²) < 4.78 is 22.8. The number of methoxy groups -OCH3 is 1. The van der Waals surface area contributed by atoms with Crippen molar-refractivity contribution >= 4 is 17.6 Å². The van der Waals surface area contributed by atoms with Crippen molar-refractivity contribution in [3.8, 4) is 5.75 Å². The summed E-state index contributed by atoms with van der Waals surface area (Å²) in [4.78, 5) is 22.4. The van der Waals surface area contributed by atoms with E-state index in [-0.39, 0.29) is 17.3 Å². The second kappa shape index (κ2) is 5.43. The highest BCUT2D eigenvalue weighted by Gasteiger charge is 2.15. The van der Waals surface area contributed by atoms with Crippen LogP contribution >= 0.6 is 0 Å². The Hall–Kier alpha value is -2.83. The van der Waals surface area contributed by atoms with E-state index in [0.717, 1.165) is 6.07 Å². The number of carbonyl (C=O) groups is 2. The third-order valence-corrected chi connectivity index (χ3v) is 2.45. The molecule has 0 aliphatic rings. The van der Waals surface area contributed by atoms with Crippen molar-refractivity contribution in [2.45, 2.75) is 0 Å². The number of hydrogen-bond acceptors (Lipinski definition) is 4. The molecule has 6 nitrogen and oxygen atoms in total. The van der Waals surface area contributed by atoms with E-state index in [9.17, 15) is 14.0 Å². The Morgan fingerprint density at radius 3 is 2.55 bits per heavy atom. The van der Waals surface area contributed by atoms with Crippen molar-refractivity contribution in [2.75, 3.05) is 12.4 Å². The predicted molar refractivity (Wildman–Crippen MR) is 66.6 cm³/mol. The van der Waals surface area contributed by atoms with Gasteiger partial charge in [0.05, 0.1) is 7.11 Å².